The molecule has 0 radical (unpaired) electrons. The van der Waals surface area contributed by atoms with Crippen LogP contribution in [0.4, 0.5) is 0 Å². The maximum absolute atomic E-state index is 12.4. The maximum atomic E-state index is 12.4. The van der Waals surface area contributed by atoms with Gasteiger partial charge in [0.2, 0.25) is 0 Å². The Bertz CT molecular complexity index is 447. The number of carboxylic acids is 1. The Morgan fingerprint density at radius 1 is 1.22 bits per heavy atom. The van der Waals surface area contributed by atoms with Crippen LogP contribution in [0.3, 0.4) is 0 Å². The number of pyridine rings is 1. The highest BCUT2D eigenvalue weighted by atomic mass is 16.4. The molecule has 98 valence electrons. The first-order valence-corrected chi connectivity index (χ1v) is 5.87. The molecule has 0 bridgehead atoms. The van der Waals surface area contributed by atoms with Crippen molar-refractivity contribution in [2.75, 3.05) is 0 Å². The predicted molar refractivity (Wildman–Crippen MR) is 67.6 cm³/mol. The Labute approximate surface area is 106 Å². The number of carboxylic acid groups (broad SMARTS) is 1. The zero-order valence-electron chi connectivity index (χ0n) is 11.0. The summed E-state index contributed by atoms with van der Waals surface area (Å²) in [5.41, 5.74) is -0.0683. The van der Waals surface area contributed by atoms with E-state index in [1.54, 1.807) is 4.90 Å². The fraction of sp³-hybridized carbons (Fsp3) is 0.462. The molecule has 0 unspecified atom stereocenters. The molecule has 0 spiro atoms. The number of aromatic nitrogens is 1. The van der Waals surface area contributed by atoms with Gasteiger partial charge in [0.15, 0.2) is 0 Å². The lowest BCUT2D eigenvalue weighted by molar-refractivity contribution is 0.0612. The van der Waals surface area contributed by atoms with Crippen LogP contribution in [0.5, 0.6) is 0 Å². The third kappa shape index (κ3) is 2.85. The molecule has 5 heteroatoms. The molecule has 1 amide bonds. The van der Waals surface area contributed by atoms with Gasteiger partial charge < -0.3 is 10.0 Å². The third-order valence-electron chi connectivity index (χ3n) is 2.59. The van der Waals surface area contributed by atoms with Crippen molar-refractivity contribution < 1.29 is 14.7 Å². The smallest absolute Gasteiger partial charge is 0.338 e. The van der Waals surface area contributed by atoms with Crippen LogP contribution < -0.4 is 0 Å². The zero-order valence-corrected chi connectivity index (χ0v) is 11.0. The van der Waals surface area contributed by atoms with Gasteiger partial charge in [0, 0.05) is 18.3 Å². The number of hydrogen-bond donors (Lipinski definition) is 1. The van der Waals surface area contributed by atoms with E-state index in [1.807, 2.05) is 27.7 Å². The molecule has 0 atom stereocenters. The average Bonchev–Trinajstić information content (AvgIpc) is 2.27. The highest BCUT2D eigenvalue weighted by molar-refractivity contribution is 6.03. The minimum Gasteiger partial charge on any atom is -0.478 e. The standard InChI is InChI=1S/C13H18N2O3/c1-8(2)15(9(3)4)12(16)11-10(13(17)18)6-5-7-14-11/h5-9H,1-4H3,(H,17,18). The molecule has 0 aliphatic heterocycles. The second kappa shape index (κ2) is 5.62. The van der Waals surface area contributed by atoms with Gasteiger partial charge in [-0.05, 0) is 39.8 Å². The van der Waals surface area contributed by atoms with Crippen molar-refractivity contribution in [1.29, 1.82) is 0 Å². The Morgan fingerprint density at radius 3 is 2.22 bits per heavy atom. The van der Waals surface area contributed by atoms with Crippen molar-refractivity contribution in [2.45, 2.75) is 39.8 Å². The number of nitrogens with zero attached hydrogens (tertiary/aromatic N) is 2. The Morgan fingerprint density at radius 2 is 1.78 bits per heavy atom. The van der Waals surface area contributed by atoms with Gasteiger partial charge >= 0.3 is 5.97 Å². The van der Waals surface area contributed by atoms with Crippen LogP contribution in [0.15, 0.2) is 18.3 Å². The molecule has 0 saturated heterocycles. The molecule has 1 rings (SSSR count). The average molecular weight is 250 g/mol. The SMILES string of the molecule is CC(C)N(C(=O)c1ncccc1C(=O)O)C(C)C. The first kappa shape index (κ1) is 14.2. The molecule has 0 fully saturated rings. The molecule has 1 aromatic rings. The molecule has 0 aromatic carbocycles. The number of carbonyl (C=O) groups excluding carboxylic acids is 1. The monoisotopic (exact) mass is 250 g/mol. The van der Waals surface area contributed by atoms with E-state index in [-0.39, 0.29) is 29.2 Å². The van der Waals surface area contributed by atoms with Gasteiger partial charge in [-0.2, -0.15) is 0 Å². The summed E-state index contributed by atoms with van der Waals surface area (Å²) < 4.78 is 0. The fourth-order valence-corrected chi connectivity index (χ4v) is 1.94. The normalized spacial score (nSPS) is 10.8. The van der Waals surface area contributed by atoms with E-state index in [9.17, 15) is 9.59 Å². The lowest BCUT2D eigenvalue weighted by atomic mass is 10.1. The lowest BCUT2D eigenvalue weighted by Gasteiger charge is -2.30. The highest BCUT2D eigenvalue weighted by Gasteiger charge is 2.26. The molecular weight excluding hydrogens is 232 g/mol. The second-order valence-electron chi connectivity index (χ2n) is 4.60. The molecule has 1 heterocycles. The van der Waals surface area contributed by atoms with Crippen LogP contribution >= 0.6 is 0 Å². The van der Waals surface area contributed by atoms with Gasteiger partial charge in [-0.25, -0.2) is 4.79 Å². The summed E-state index contributed by atoms with van der Waals surface area (Å²) in [5, 5.41) is 9.06. The van der Waals surface area contributed by atoms with Crippen LogP contribution in [-0.4, -0.2) is 39.0 Å². The van der Waals surface area contributed by atoms with Gasteiger partial charge in [-0.3, -0.25) is 9.78 Å². The lowest BCUT2D eigenvalue weighted by Crippen LogP contribution is -2.43. The largest absolute Gasteiger partial charge is 0.478 e. The van der Waals surface area contributed by atoms with Crippen molar-refractivity contribution in [2.24, 2.45) is 0 Å². The van der Waals surface area contributed by atoms with Crippen LogP contribution in [-0.2, 0) is 0 Å². The minimum absolute atomic E-state index is 0.00704. The summed E-state index contributed by atoms with van der Waals surface area (Å²) in [5.74, 6) is -1.49. The molecule has 18 heavy (non-hydrogen) atoms. The number of rotatable bonds is 4. The van der Waals surface area contributed by atoms with E-state index >= 15 is 0 Å². The summed E-state index contributed by atoms with van der Waals surface area (Å²) in [6.07, 6.45) is 1.43. The van der Waals surface area contributed by atoms with E-state index < -0.39 is 5.97 Å². The molecular formula is C13H18N2O3. The van der Waals surface area contributed by atoms with Crippen molar-refractivity contribution >= 4 is 11.9 Å². The van der Waals surface area contributed by atoms with Crippen molar-refractivity contribution in [3.63, 3.8) is 0 Å². The van der Waals surface area contributed by atoms with Crippen molar-refractivity contribution in [3.8, 4) is 0 Å². The first-order valence-electron chi connectivity index (χ1n) is 5.87. The van der Waals surface area contributed by atoms with Crippen molar-refractivity contribution in [3.05, 3.63) is 29.6 Å². The zero-order chi connectivity index (χ0) is 13.9. The molecule has 0 aliphatic carbocycles. The highest BCUT2D eigenvalue weighted by Crippen LogP contribution is 2.14. The number of hydrogen-bond acceptors (Lipinski definition) is 3. The Kier molecular flexibility index (Phi) is 4.42. The van der Waals surface area contributed by atoms with E-state index in [1.165, 1.54) is 18.3 Å². The van der Waals surface area contributed by atoms with E-state index in [0.717, 1.165) is 0 Å². The third-order valence-corrected chi connectivity index (χ3v) is 2.59. The number of amides is 1. The van der Waals surface area contributed by atoms with Crippen LogP contribution in [0, 0.1) is 0 Å². The summed E-state index contributed by atoms with van der Waals surface area (Å²) in [6.45, 7) is 7.56. The van der Waals surface area contributed by atoms with Crippen LogP contribution in [0.25, 0.3) is 0 Å². The fourth-order valence-electron chi connectivity index (χ4n) is 1.94. The van der Waals surface area contributed by atoms with Gasteiger partial charge in [-0.15, -0.1) is 0 Å². The second-order valence-corrected chi connectivity index (χ2v) is 4.60. The molecule has 0 saturated carbocycles. The van der Waals surface area contributed by atoms with Crippen molar-refractivity contribution in [1.82, 2.24) is 9.88 Å². The molecule has 5 nitrogen and oxygen atoms in total. The van der Waals surface area contributed by atoms with E-state index in [0.29, 0.717) is 0 Å². The van der Waals surface area contributed by atoms with Gasteiger partial charge in [0.25, 0.3) is 5.91 Å². The maximum Gasteiger partial charge on any atom is 0.338 e. The topological polar surface area (TPSA) is 70.5 Å². The molecule has 1 N–H and O–H groups in total. The first-order chi connectivity index (χ1) is 8.36. The van der Waals surface area contributed by atoms with E-state index in [4.69, 9.17) is 5.11 Å². The van der Waals surface area contributed by atoms with E-state index in [2.05, 4.69) is 4.98 Å². The Hall–Kier alpha value is -1.91. The Balaban J connectivity index is 3.21. The molecule has 1 aromatic heterocycles. The summed E-state index contributed by atoms with van der Waals surface area (Å²) in [4.78, 5) is 29.0. The summed E-state index contributed by atoms with van der Waals surface area (Å²) >= 11 is 0. The predicted octanol–water partition coefficient (Wildman–Crippen LogP) is 2.04. The van der Waals surface area contributed by atoms with Gasteiger partial charge in [0.1, 0.15) is 5.69 Å². The number of aromatic carboxylic acids is 1. The van der Waals surface area contributed by atoms with Gasteiger partial charge in [-0.1, -0.05) is 0 Å². The van der Waals surface area contributed by atoms with Crippen LogP contribution in [0.2, 0.25) is 0 Å². The minimum atomic E-state index is -1.14. The quantitative estimate of drug-likeness (QED) is 0.887. The van der Waals surface area contributed by atoms with Gasteiger partial charge in [0.05, 0.1) is 5.56 Å². The summed E-state index contributed by atoms with van der Waals surface area (Å²) in [6, 6.07) is 2.87. The summed E-state index contributed by atoms with van der Waals surface area (Å²) in [7, 11) is 0. The van der Waals surface area contributed by atoms with Crippen LogP contribution in [0.1, 0.15) is 48.5 Å². The number of carbonyl (C=O) groups is 2. The molecule has 0 aliphatic rings.